The Bertz CT molecular complexity index is 247. The van der Waals surface area contributed by atoms with E-state index in [1.54, 1.807) is 0 Å². The molecule has 0 aliphatic heterocycles. The molecule has 0 bridgehead atoms. The van der Waals surface area contributed by atoms with E-state index >= 15 is 0 Å². The molecule has 5 heteroatoms. The maximum Gasteiger partial charge on any atom is 0.139 e. The first-order chi connectivity index (χ1) is 8.10. The van der Waals surface area contributed by atoms with Crippen LogP contribution in [0.3, 0.4) is 0 Å². The van der Waals surface area contributed by atoms with E-state index in [0.29, 0.717) is 17.8 Å². The average molecular weight is 242 g/mol. The second-order valence-corrected chi connectivity index (χ2v) is 5.20. The molecule has 100 valence electrons. The highest BCUT2D eigenvalue weighted by Gasteiger charge is 2.35. The first kappa shape index (κ1) is 14.3. The lowest BCUT2D eigenvalue weighted by Crippen LogP contribution is -2.49. The van der Waals surface area contributed by atoms with Crippen molar-refractivity contribution in [2.75, 3.05) is 27.2 Å². The topological polar surface area (TPSA) is 73.9 Å². The van der Waals surface area contributed by atoms with Gasteiger partial charge in [0.25, 0.3) is 0 Å². The molecule has 1 aliphatic carbocycles. The molecule has 1 saturated carbocycles. The molecule has 17 heavy (non-hydrogen) atoms. The third-order valence-corrected chi connectivity index (χ3v) is 3.85. The number of amidine groups is 1. The monoisotopic (exact) mass is 242 g/mol. The van der Waals surface area contributed by atoms with Crippen molar-refractivity contribution in [1.82, 2.24) is 10.2 Å². The van der Waals surface area contributed by atoms with E-state index in [1.807, 2.05) is 0 Å². The SMILES string of the molecule is CN(C)C1(CNCCCC(N)=NO)CCCC1. The zero-order chi connectivity index (χ0) is 12.7. The van der Waals surface area contributed by atoms with Gasteiger partial charge in [-0.25, -0.2) is 0 Å². The minimum atomic E-state index is 0.315. The van der Waals surface area contributed by atoms with E-state index in [-0.39, 0.29) is 0 Å². The Morgan fingerprint density at radius 3 is 2.59 bits per heavy atom. The molecule has 0 spiro atoms. The van der Waals surface area contributed by atoms with Crippen LogP contribution < -0.4 is 11.1 Å². The molecular weight excluding hydrogens is 216 g/mol. The maximum atomic E-state index is 8.41. The summed E-state index contributed by atoms with van der Waals surface area (Å²) >= 11 is 0. The molecule has 0 amide bonds. The fourth-order valence-electron chi connectivity index (χ4n) is 2.58. The summed E-state index contributed by atoms with van der Waals surface area (Å²) in [6, 6.07) is 0. The molecule has 5 nitrogen and oxygen atoms in total. The fraction of sp³-hybridized carbons (Fsp3) is 0.917. The van der Waals surface area contributed by atoms with Crippen molar-refractivity contribution in [3.63, 3.8) is 0 Å². The van der Waals surface area contributed by atoms with Gasteiger partial charge in [0, 0.05) is 18.5 Å². The van der Waals surface area contributed by atoms with Gasteiger partial charge in [-0.1, -0.05) is 18.0 Å². The average Bonchev–Trinajstić information content (AvgIpc) is 2.78. The molecule has 0 aromatic rings. The number of hydrogen-bond acceptors (Lipinski definition) is 4. The number of nitrogens with zero attached hydrogens (tertiary/aromatic N) is 2. The van der Waals surface area contributed by atoms with E-state index in [0.717, 1.165) is 19.5 Å². The third kappa shape index (κ3) is 4.16. The number of hydrogen-bond donors (Lipinski definition) is 3. The quantitative estimate of drug-likeness (QED) is 0.204. The third-order valence-electron chi connectivity index (χ3n) is 3.85. The molecule has 0 atom stereocenters. The van der Waals surface area contributed by atoms with E-state index < -0.39 is 0 Å². The lowest BCUT2D eigenvalue weighted by molar-refractivity contribution is 0.154. The van der Waals surface area contributed by atoms with Crippen LogP contribution in [0, 0.1) is 0 Å². The van der Waals surface area contributed by atoms with E-state index in [2.05, 4.69) is 29.5 Å². The second kappa shape index (κ2) is 6.81. The standard InChI is InChI=1S/C12H26N4O/c1-16(2)12(7-3-4-8-12)10-14-9-5-6-11(13)15-17/h14,17H,3-10H2,1-2H3,(H2,13,15). The normalized spacial score (nSPS) is 20.1. The first-order valence-corrected chi connectivity index (χ1v) is 6.45. The van der Waals surface area contributed by atoms with Crippen LogP contribution in [0.5, 0.6) is 0 Å². The first-order valence-electron chi connectivity index (χ1n) is 6.45. The Kier molecular flexibility index (Phi) is 5.71. The summed E-state index contributed by atoms with van der Waals surface area (Å²) in [4.78, 5) is 2.36. The van der Waals surface area contributed by atoms with E-state index in [1.165, 1.54) is 25.7 Å². The van der Waals surface area contributed by atoms with Gasteiger partial charge in [0.05, 0.1) is 0 Å². The number of rotatable bonds is 7. The van der Waals surface area contributed by atoms with Crippen LogP contribution >= 0.6 is 0 Å². The summed E-state index contributed by atoms with van der Waals surface area (Å²) in [5.74, 6) is 0.315. The van der Waals surface area contributed by atoms with Gasteiger partial charge in [-0.05, 0) is 39.9 Å². The lowest BCUT2D eigenvalue weighted by Gasteiger charge is -2.36. The van der Waals surface area contributed by atoms with Gasteiger partial charge in [0.15, 0.2) is 0 Å². The van der Waals surface area contributed by atoms with Gasteiger partial charge in [-0.15, -0.1) is 0 Å². The zero-order valence-electron chi connectivity index (χ0n) is 11.1. The van der Waals surface area contributed by atoms with Gasteiger partial charge < -0.3 is 21.2 Å². The van der Waals surface area contributed by atoms with Crippen LogP contribution in [0.15, 0.2) is 5.16 Å². The molecule has 0 saturated heterocycles. The number of nitrogens with two attached hydrogens (primary N) is 1. The largest absolute Gasteiger partial charge is 0.409 e. The Hall–Kier alpha value is -0.810. The molecule has 0 heterocycles. The summed E-state index contributed by atoms with van der Waals surface area (Å²) in [7, 11) is 4.34. The molecule has 0 radical (unpaired) electrons. The van der Waals surface area contributed by atoms with E-state index in [4.69, 9.17) is 10.9 Å². The Morgan fingerprint density at radius 1 is 1.41 bits per heavy atom. The molecule has 1 aliphatic rings. The minimum absolute atomic E-state index is 0.315. The van der Waals surface area contributed by atoms with Crippen molar-refractivity contribution in [3.05, 3.63) is 0 Å². The maximum absolute atomic E-state index is 8.41. The lowest BCUT2D eigenvalue weighted by atomic mass is 9.96. The molecule has 0 aromatic heterocycles. The van der Waals surface area contributed by atoms with Crippen molar-refractivity contribution in [1.29, 1.82) is 0 Å². The Labute approximate surface area is 104 Å². The van der Waals surface area contributed by atoms with Crippen LogP contribution in [0.1, 0.15) is 38.5 Å². The predicted octanol–water partition coefficient (Wildman–Crippen LogP) is 0.977. The minimum Gasteiger partial charge on any atom is -0.409 e. The van der Waals surface area contributed by atoms with Gasteiger partial charge in [-0.2, -0.15) is 0 Å². The molecule has 1 fully saturated rings. The second-order valence-electron chi connectivity index (χ2n) is 5.20. The van der Waals surface area contributed by atoms with Gasteiger partial charge in [-0.3, -0.25) is 0 Å². The summed E-state index contributed by atoms with van der Waals surface area (Å²) in [6.45, 7) is 1.96. The molecule has 1 rings (SSSR count). The Morgan fingerprint density at radius 2 is 2.06 bits per heavy atom. The molecule has 0 aromatic carbocycles. The van der Waals surface area contributed by atoms with Crippen molar-refractivity contribution >= 4 is 5.84 Å². The highest BCUT2D eigenvalue weighted by Crippen LogP contribution is 2.32. The fourth-order valence-corrected chi connectivity index (χ4v) is 2.58. The Balaban J connectivity index is 2.20. The molecule has 4 N–H and O–H groups in total. The zero-order valence-corrected chi connectivity index (χ0v) is 11.1. The van der Waals surface area contributed by atoms with Gasteiger partial charge in [0.2, 0.25) is 0 Å². The van der Waals surface area contributed by atoms with Crippen molar-refractivity contribution in [2.45, 2.75) is 44.1 Å². The number of oxime groups is 1. The van der Waals surface area contributed by atoms with Crippen LogP contribution in [-0.4, -0.2) is 48.7 Å². The van der Waals surface area contributed by atoms with Gasteiger partial charge >= 0.3 is 0 Å². The smallest absolute Gasteiger partial charge is 0.139 e. The summed E-state index contributed by atoms with van der Waals surface area (Å²) in [6.07, 6.45) is 6.81. The molecular formula is C12H26N4O. The van der Waals surface area contributed by atoms with Crippen molar-refractivity contribution < 1.29 is 5.21 Å². The van der Waals surface area contributed by atoms with Crippen molar-refractivity contribution in [3.8, 4) is 0 Å². The van der Waals surface area contributed by atoms with Crippen LogP contribution in [0.4, 0.5) is 0 Å². The summed E-state index contributed by atoms with van der Waals surface area (Å²) in [5.41, 5.74) is 5.76. The van der Waals surface area contributed by atoms with Crippen LogP contribution in [0.25, 0.3) is 0 Å². The van der Waals surface area contributed by atoms with E-state index in [9.17, 15) is 0 Å². The predicted molar refractivity (Wildman–Crippen MR) is 70.4 cm³/mol. The highest BCUT2D eigenvalue weighted by atomic mass is 16.4. The number of nitrogens with one attached hydrogen (secondary N) is 1. The summed E-state index contributed by atoms with van der Waals surface area (Å²) in [5, 5.41) is 14.9. The van der Waals surface area contributed by atoms with Crippen molar-refractivity contribution in [2.24, 2.45) is 10.9 Å². The summed E-state index contributed by atoms with van der Waals surface area (Å²) < 4.78 is 0. The van der Waals surface area contributed by atoms with Crippen LogP contribution in [0.2, 0.25) is 0 Å². The number of likely N-dealkylation sites (N-methyl/N-ethyl adjacent to an activating group) is 1. The molecule has 0 unspecified atom stereocenters. The van der Waals surface area contributed by atoms with Gasteiger partial charge in [0.1, 0.15) is 5.84 Å². The van der Waals surface area contributed by atoms with Crippen LogP contribution in [-0.2, 0) is 0 Å². The highest BCUT2D eigenvalue weighted by molar-refractivity contribution is 5.79.